The van der Waals surface area contributed by atoms with Crippen LogP contribution in [0.25, 0.3) is 11.1 Å². The standard InChI is InChI=1S/C13H17NO3/c1-8(2)4-5-14-10-6-9(3)17-12(10)7-11(14)13(15)16/h6-8H,4-5H2,1-3H3,(H,15,16). The van der Waals surface area contributed by atoms with Crippen LogP contribution in [0.5, 0.6) is 0 Å². The Labute approximate surface area is 99.8 Å². The number of aryl methyl sites for hydroxylation is 2. The Balaban J connectivity index is 2.46. The first-order valence-corrected chi connectivity index (χ1v) is 5.82. The summed E-state index contributed by atoms with van der Waals surface area (Å²) in [5.74, 6) is 0.449. The van der Waals surface area contributed by atoms with Crippen molar-refractivity contribution in [1.29, 1.82) is 0 Å². The predicted octanol–water partition coefficient (Wildman–Crippen LogP) is 3.29. The molecule has 0 aliphatic carbocycles. The lowest BCUT2D eigenvalue weighted by Crippen LogP contribution is -2.09. The van der Waals surface area contributed by atoms with E-state index >= 15 is 0 Å². The first-order chi connectivity index (χ1) is 7.99. The molecule has 2 aromatic rings. The third-order valence-corrected chi connectivity index (χ3v) is 2.86. The molecule has 4 heteroatoms. The maximum absolute atomic E-state index is 11.2. The first-order valence-electron chi connectivity index (χ1n) is 5.82. The van der Waals surface area contributed by atoms with E-state index < -0.39 is 5.97 Å². The summed E-state index contributed by atoms with van der Waals surface area (Å²) in [5.41, 5.74) is 1.84. The molecule has 0 aliphatic heterocycles. The smallest absolute Gasteiger partial charge is 0.352 e. The Kier molecular flexibility index (Phi) is 2.96. The zero-order valence-corrected chi connectivity index (χ0v) is 10.4. The van der Waals surface area contributed by atoms with Gasteiger partial charge in [0.25, 0.3) is 0 Å². The third kappa shape index (κ3) is 2.20. The molecule has 0 amide bonds. The van der Waals surface area contributed by atoms with E-state index in [4.69, 9.17) is 9.52 Å². The van der Waals surface area contributed by atoms with E-state index in [1.165, 1.54) is 0 Å². The van der Waals surface area contributed by atoms with Gasteiger partial charge < -0.3 is 14.1 Å². The van der Waals surface area contributed by atoms with Crippen molar-refractivity contribution in [3.63, 3.8) is 0 Å². The topological polar surface area (TPSA) is 55.4 Å². The largest absolute Gasteiger partial charge is 0.477 e. The molecule has 0 aliphatic rings. The normalized spacial score (nSPS) is 11.5. The number of rotatable bonds is 4. The number of carboxylic acids is 1. The van der Waals surface area contributed by atoms with Crippen molar-refractivity contribution < 1.29 is 14.3 Å². The fourth-order valence-corrected chi connectivity index (χ4v) is 1.97. The van der Waals surface area contributed by atoms with E-state index in [0.29, 0.717) is 23.7 Å². The van der Waals surface area contributed by atoms with Crippen molar-refractivity contribution in [2.45, 2.75) is 33.7 Å². The van der Waals surface area contributed by atoms with Gasteiger partial charge in [-0.25, -0.2) is 4.79 Å². The van der Waals surface area contributed by atoms with Crippen LogP contribution in [-0.2, 0) is 6.54 Å². The highest BCUT2D eigenvalue weighted by Gasteiger charge is 2.17. The number of hydrogen-bond acceptors (Lipinski definition) is 2. The highest BCUT2D eigenvalue weighted by molar-refractivity contribution is 5.92. The van der Waals surface area contributed by atoms with Crippen LogP contribution < -0.4 is 0 Å². The summed E-state index contributed by atoms with van der Waals surface area (Å²) in [7, 11) is 0. The number of fused-ring (bicyclic) bond motifs is 1. The van der Waals surface area contributed by atoms with E-state index in [9.17, 15) is 4.79 Å². The number of aromatic nitrogens is 1. The van der Waals surface area contributed by atoms with Gasteiger partial charge in [-0.05, 0) is 19.3 Å². The van der Waals surface area contributed by atoms with Gasteiger partial charge in [-0.15, -0.1) is 0 Å². The third-order valence-electron chi connectivity index (χ3n) is 2.86. The average molecular weight is 235 g/mol. The quantitative estimate of drug-likeness (QED) is 0.884. The summed E-state index contributed by atoms with van der Waals surface area (Å²) in [5, 5.41) is 9.16. The number of aromatic carboxylic acids is 1. The summed E-state index contributed by atoms with van der Waals surface area (Å²) in [6.07, 6.45) is 0.953. The van der Waals surface area contributed by atoms with E-state index in [2.05, 4.69) is 13.8 Å². The predicted molar refractivity (Wildman–Crippen MR) is 65.4 cm³/mol. The van der Waals surface area contributed by atoms with Crippen LogP contribution in [0.1, 0.15) is 36.5 Å². The van der Waals surface area contributed by atoms with Crippen molar-refractivity contribution in [2.24, 2.45) is 5.92 Å². The summed E-state index contributed by atoms with van der Waals surface area (Å²) >= 11 is 0. The van der Waals surface area contributed by atoms with Gasteiger partial charge in [0, 0.05) is 18.7 Å². The highest BCUT2D eigenvalue weighted by atomic mass is 16.4. The minimum absolute atomic E-state index is 0.305. The van der Waals surface area contributed by atoms with Gasteiger partial charge in [0.15, 0.2) is 5.58 Å². The van der Waals surface area contributed by atoms with Gasteiger partial charge in [0.2, 0.25) is 0 Å². The average Bonchev–Trinajstić information content (AvgIpc) is 2.70. The van der Waals surface area contributed by atoms with Crippen LogP contribution in [0.15, 0.2) is 16.5 Å². The maximum Gasteiger partial charge on any atom is 0.352 e. The van der Waals surface area contributed by atoms with Gasteiger partial charge in [-0.2, -0.15) is 0 Å². The summed E-state index contributed by atoms with van der Waals surface area (Å²) in [6, 6.07) is 3.49. The molecule has 0 fully saturated rings. The van der Waals surface area contributed by atoms with Gasteiger partial charge in [-0.1, -0.05) is 13.8 Å². The molecule has 92 valence electrons. The van der Waals surface area contributed by atoms with Crippen molar-refractivity contribution in [3.05, 3.63) is 23.6 Å². The lowest BCUT2D eigenvalue weighted by molar-refractivity contribution is 0.0685. The monoisotopic (exact) mass is 235 g/mol. The fraction of sp³-hybridized carbons (Fsp3) is 0.462. The molecule has 17 heavy (non-hydrogen) atoms. The molecule has 2 heterocycles. The zero-order valence-electron chi connectivity index (χ0n) is 10.4. The van der Waals surface area contributed by atoms with E-state index in [-0.39, 0.29) is 0 Å². The van der Waals surface area contributed by atoms with E-state index in [1.54, 1.807) is 6.07 Å². The second-order valence-electron chi connectivity index (χ2n) is 4.78. The van der Waals surface area contributed by atoms with Crippen LogP contribution in [0.2, 0.25) is 0 Å². The number of nitrogens with zero attached hydrogens (tertiary/aromatic N) is 1. The summed E-state index contributed by atoms with van der Waals surface area (Å²) in [4.78, 5) is 11.2. The number of carbonyl (C=O) groups is 1. The Bertz CT molecular complexity index is 548. The molecule has 0 saturated heterocycles. The summed E-state index contributed by atoms with van der Waals surface area (Å²) in [6.45, 7) is 6.83. The van der Waals surface area contributed by atoms with Crippen LogP contribution >= 0.6 is 0 Å². The van der Waals surface area contributed by atoms with Gasteiger partial charge in [0.1, 0.15) is 11.5 Å². The molecule has 0 saturated carbocycles. The molecule has 1 N–H and O–H groups in total. The minimum atomic E-state index is -0.905. The lowest BCUT2D eigenvalue weighted by atomic mass is 10.1. The first kappa shape index (κ1) is 11.8. The molecule has 2 aromatic heterocycles. The van der Waals surface area contributed by atoms with Crippen LogP contribution in [0, 0.1) is 12.8 Å². The molecular formula is C13H17NO3. The van der Waals surface area contributed by atoms with E-state index in [1.807, 2.05) is 17.6 Å². The molecule has 0 radical (unpaired) electrons. The van der Waals surface area contributed by atoms with Crippen molar-refractivity contribution >= 4 is 17.1 Å². The summed E-state index contributed by atoms with van der Waals surface area (Å²) < 4.78 is 7.29. The molecule has 0 atom stereocenters. The fourth-order valence-electron chi connectivity index (χ4n) is 1.97. The second kappa shape index (κ2) is 4.28. The van der Waals surface area contributed by atoms with E-state index in [0.717, 1.165) is 17.7 Å². The van der Waals surface area contributed by atoms with Crippen LogP contribution in [0.4, 0.5) is 0 Å². The molecule has 0 aromatic carbocycles. The number of carboxylic acid groups (broad SMARTS) is 1. The van der Waals surface area contributed by atoms with Crippen molar-refractivity contribution in [3.8, 4) is 0 Å². The van der Waals surface area contributed by atoms with Crippen molar-refractivity contribution in [1.82, 2.24) is 4.57 Å². The minimum Gasteiger partial charge on any atom is -0.477 e. The lowest BCUT2D eigenvalue weighted by Gasteiger charge is -2.09. The molecule has 0 unspecified atom stereocenters. The van der Waals surface area contributed by atoms with Gasteiger partial charge in [0.05, 0.1) is 5.52 Å². The number of hydrogen-bond donors (Lipinski definition) is 1. The van der Waals surface area contributed by atoms with Crippen LogP contribution in [-0.4, -0.2) is 15.6 Å². The molecule has 0 bridgehead atoms. The molecule has 2 rings (SSSR count). The zero-order chi connectivity index (χ0) is 12.6. The number of furan rings is 1. The SMILES string of the molecule is Cc1cc2c(cc(C(=O)O)n2CCC(C)C)o1. The van der Waals surface area contributed by atoms with Gasteiger partial charge in [-0.3, -0.25) is 0 Å². The Morgan fingerprint density at radius 2 is 2.18 bits per heavy atom. The molecule has 4 nitrogen and oxygen atoms in total. The molecular weight excluding hydrogens is 218 g/mol. The highest BCUT2D eigenvalue weighted by Crippen LogP contribution is 2.24. The Morgan fingerprint density at radius 1 is 1.47 bits per heavy atom. The maximum atomic E-state index is 11.2. The Morgan fingerprint density at radius 3 is 2.76 bits per heavy atom. The molecule has 0 spiro atoms. The Hall–Kier alpha value is -1.71. The second-order valence-corrected chi connectivity index (χ2v) is 4.78. The van der Waals surface area contributed by atoms with Crippen LogP contribution in [0.3, 0.4) is 0 Å². The van der Waals surface area contributed by atoms with Crippen molar-refractivity contribution in [2.75, 3.05) is 0 Å². The van der Waals surface area contributed by atoms with Gasteiger partial charge >= 0.3 is 5.97 Å².